The van der Waals surface area contributed by atoms with E-state index in [1.807, 2.05) is 25.1 Å². The van der Waals surface area contributed by atoms with E-state index in [1.54, 1.807) is 54.7 Å². The van der Waals surface area contributed by atoms with Crippen LogP contribution in [0.25, 0.3) is 0 Å². The highest BCUT2D eigenvalue weighted by atomic mass is 16.2. The first-order chi connectivity index (χ1) is 13.1. The minimum atomic E-state index is -0.349. The lowest BCUT2D eigenvalue weighted by Gasteiger charge is -2.06. The molecule has 0 aliphatic rings. The number of benzene rings is 2. The second-order valence-corrected chi connectivity index (χ2v) is 5.85. The Morgan fingerprint density at radius 2 is 1.56 bits per heavy atom. The van der Waals surface area contributed by atoms with Crippen LogP contribution in [-0.4, -0.2) is 23.0 Å². The number of aryl methyl sites for hydroxylation is 1. The van der Waals surface area contributed by atoms with Gasteiger partial charge in [0.1, 0.15) is 0 Å². The molecule has 0 radical (unpaired) electrons. The minimum Gasteiger partial charge on any atom is -0.322 e. The maximum atomic E-state index is 12.2. The van der Waals surface area contributed by atoms with E-state index in [2.05, 4.69) is 20.8 Å². The zero-order chi connectivity index (χ0) is 19.1. The normalized spacial score (nSPS) is 10.6. The molecule has 0 saturated heterocycles. The standard InChI is InChI=1S/C21H18N4O2/c1-15-5-7-16(8-6-15)20(26)24-18-11-9-17(10-12-18)21(27)25-23-14-19-4-2-3-13-22-19/h2-14H,1H3,(H,24,26)(H,25,27)/b23-14-. The first-order valence-electron chi connectivity index (χ1n) is 8.34. The zero-order valence-electron chi connectivity index (χ0n) is 14.7. The number of aromatic nitrogens is 1. The molecule has 0 aliphatic carbocycles. The van der Waals surface area contributed by atoms with E-state index >= 15 is 0 Å². The number of amides is 2. The second kappa shape index (κ2) is 8.53. The smallest absolute Gasteiger partial charge is 0.271 e. The summed E-state index contributed by atoms with van der Waals surface area (Å²) in [7, 11) is 0. The van der Waals surface area contributed by atoms with Crippen LogP contribution in [0.2, 0.25) is 0 Å². The van der Waals surface area contributed by atoms with Crippen molar-refractivity contribution >= 4 is 23.7 Å². The van der Waals surface area contributed by atoms with Crippen LogP contribution in [0, 0.1) is 6.92 Å². The van der Waals surface area contributed by atoms with Crippen LogP contribution in [0.4, 0.5) is 5.69 Å². The van der Waals surface area contributed by atoms with Gasteiger partial charge in [-0.3, -0.25) is 14.6 Å². The highest BCUT2D eigenvalue weighted by Crippen LogP contribution is 2.12. The maximum Gasteiger partial charge on any atom is 0.271 e. The van der Waals surface area contributed by atoms with Gasteiger partial charge in [0, 0.05) is 23.0 Å². The summed E-state index contributed by atoms with van der Waals surface area (Å²) in [6, 6.07) is 19.3. The zero-order valence-corrected chi connectivity index (χ0v) is 14.7. The van der Waals surface area contributed by atoms with E-state index in [9.17, 15) is 9.59 Å². The lowest BCUT2D eigenvalue weighted by atomic mass is 10.1. The fourth-order valence-electron chi connectivity index (χ4n) is 2.29. The molecule has 0 aliphatic heterocycles. The number of nitrogens with zero attached hydrogens (tertiary/aromatic N) is 2. The average Bonchev–Trinajstić information content (AvgIpc) is 2.70. The van der Waals surface area contributed by atoms with E-state index < -0.39 is 0 Å². The summed E-state index contributed by atoms with van der Waals surface area (Å²) < 4.78 is 0. The van der Waals surface area contributed by atoms with Gasteiger partial charge in [-0.1, -0.05) is 23.8 Å². The quantitative estimate of drug-likeness (QED) is 0.541. The van der Waals surface area contributed by atoms with Crippen molar-refractivity contribution in [3.63, 3.8) is 0 Å². The van der Waals surface area contributed by atoms with Gasteiger partial charge < -0.3 is 5.32 Å². The van der Waals surface area contributed by atoms with E-state index in [0.717, 1.165) is 5.56 Å². The van der Waals surface area contributed by atoms with Gasteiger partial charge in [0.05, 0.1) is 11.9 Å². The molecule has 134 valence electrons. The summed E-state index contributed by atoms with van der Waals surface area (Å²) in [5, 5.41) is 6.68. The molecule has 0 spiro atoms. The van der Waals surface area contributed by atoms with Crippen LogP contribution in [0.1, 0.15) is 32.0 Å². The summed E-state index contributed by atoms with van der Waals surface area (Å²) in [4.78, 5) is 28.4. The van der Waals surface area contributed by atoms with E-state index in [1.165, 1.54) is 6.21 Å². The van der Waals surface area contributed by atoms with Crippen LogP contribution in [0.15, 0.2) is 78.0 Å². The highest BCUT2D eigenvalue weighted by Gasteiger charge is 2.07. The van der Waals surface area contributed by atoms with Crippen molar-refractivity contribution in [3.05, 3.63) is 95.3 Å². The Morgan fingerprint density at radius 1 is 0.889 bits per heavy atom. The van der Waals surface area contributed by atoms with Gasteiger partial charge in [0.2, 0.25) is 0 Å². The maximum absolute atomic E-state index is 12.2. The van der Waals surface area contributed by atoms with E-state index in [-0.39, 0.29) is 11.8 Å². The van der Waals surface area contributed by atoms with Crippen molar-refractivity contribution < 1.29 is 9.59 Å². The van der Waals surface area contributed by atoms with Gasteiger partial charge >= 0.3 is 0 Å². The number of carbonyl (C=O) groups is 2. The molecule has 3 aromatic rings. The van der Waals surface area contributed by atoms with Crippen LogP contribution < -0.4 is 10.7 Å². The van der Waals surface area contributed by atoms with Crippen molar-refractivity contribution in [3.8, 4) is 0 Å². The van der Waals surface area contributed by atoms with Gasteiger partial charge in [-0.2, -0.15) is 5.10 Å². The lowest BCUT2D eigenvalue weighted by molar-refractivity contribution is 0.0954. The van der Waals surface area contributed by atoms with E-state index in [4.69, 9.17) is 0 Å². The number of pyridine rings is 1. The number of hydrogen-bond donors (Lipinski definition) is 2. The summed E-state index contributed by atoms with van der Waals surface area (Å²) in [6.07, 6.45) is 3.11. The van der Waals surface area contributed by atoms with Gasteiger partial charge in [-0.15, -0.1) is 0 Å². The van der Waals surface area contributed by atoms with E-state index in [0.29, 0.717) is 22.5 Å². The third-order valence-electron chi connectivity index (χ3n) is 3.77. The van der Waals surface area contributed by atoms with Gasteiger partial charge in [-0.05, 0) is 55.5 Å². The Kier molecular flexibility index (Phi) is 5.69. The van der Waals surface area contributed by atoms with Crippen molar-refractivity contribution in [2.24, 2.45) is 5.10 Å². The van der Waals surface area contributed by atoms with Crippen LogP contribution in [0.5, 0.6) is 0 Å². The first-order valence-corrected chi connectivity index (χ1v) is 8.34. The SMILES string of the molecule is Cc1ccc(C(=O)Nc2ccc(C(=O)N/N=C\c3ccccn3)cc2)cc1. The molecular formula is C21H18N4O2. The Morgan fingerprint density at radius 3 is 2.22 bits per heavy atom. The van der Waals surface area contributed by atoms with Crippen LogP contribution >= 0.6 is 0 Å². The molecule has 0 fully saturated rings. The molecule has 0 atom stereocenters. The molecule has 0 bridgehead atoms. The summed E-state index contributed by atoms with van der Waals surface area (Å²) in [6.45, 7) is 1.96. The molecule has 6 heteroatoms. The predicted molar refractivity (Wildman–Crippen MR) is 105 cm³/mol. The molecule has 27 heavy (non-hydrogen) atoms. The van der Waals surface area contributed by atoms with Crippen molar-refractivity contribution in [1.29, 1.82) is 0 Å². The molecule has 2 N–H and O–H groups in total. The lowest BCUT2D eigenvalue weighted by Crippen LogP contribution is -2.18. The number of hydrogen-bond acceptors (Lipinski definition) is 4. The molecule has 1 heterocycles. The Bertz CT molecular complexity index is 950. The molecule has 6 nitrogen and oxygen atoms in total. The Balaban J connectivity index is 1.57. The second-order valence-electron chi connectivity index (χ2n) is 5.85. The molecule has 2 aromatic carbocycles. The Labute approximate surface area is 157 Å². The van der Waals surface area contributed by atoms with Crippen molar-refractivity contribution in [1.82, 2.24) is 10.4 Å². The average molecular weight is 358 g/mol. The molecular weight excluding hydrogens is 340 g/mol. The van der Waals surface area contributed by atoms with Crippen LogP contribution in [-0.2, 0) is 0 Å². The third-order valence-corrected chi connectivity index (χ3v) is 3.77. The third kappa shape index (κ3) is 5.09. The number of rotatable bonds is 5. The fraction of sp³-hybridized carbons (Fsp3) is 0.0476. The van der Waals surface area contributed by atoms with Gasteiger partial charge in [0.15, 0.2) is 0 Å². The topological polar surface area (TPSA) is 83.5 Å². The molecule has 2 amide bonds. The van der Waals surface area contributed by atoms with Gasteiger partial charge in [-0.25, -0.2) is 5.43 Å². The number of anilines is 1. The van der Waals surface area contributed by atoms with Gasteiger partial charge in [0.25, 0.3) is 11.8 Å². The number of nitrogens with one attached hydrogen (secondary N) is 2. The summed E-state index contributed by atoms with van der Waals surface area (Å²) in [5.41, 5.74) is 5.79. The molecule has 0 saturated carbocycles. The summed E-state index contributed by atoms with van der Waals surface area (Å²) in [5.74, 6) is -0.550. The molecule has 1 aromatic heterocycles. The largest absolute Gasteiger partial charge is 0.322 e. The molecule has 0 unspecified atom stereocenters. The highest BCUT2D eigenvalue weighted by molar-refractivity contribution is 6.04. The predicted octanol–water partition coefficient (Wildman–Crippen LogP) is 3.41. The number of carbonyl (C=O) groups excluding carboxylic acids is 2. The Hall–Kier alpha value is -3.80. The summed E-state index contributed by atoms with van der Waals surface area (Å²) >= 11 is 0. The van der Waals surface area contributed by atoms with Crippen molar-refractivity contribution in [2.45, 2.75) is 6.92 Å². The monoisotopic (exact) mass is 358 g/mol. The number of hydrazone groups is 1. The minimum absolute atomic E-state index is 0.202. The molecule has 3 rings (SSSR count). The fourth-order valence-corrected chi connectivity index (χ4v) is 2.29. The first kappa shape index (κ1) is 18.0. The van der Waals surface area contributed by atoms with Crippen molar-refractivity contribution in [2.75, 3.05) is 5.32 Å². The van der Waals surface area contributed by atoms with Crippen LogP contribution in [0.3, 0.4) is 0 Å².